The number of pyridine rings is 1. The van der Waals surface area contributed by atoms with Crippen LogP contribution in [0.2, 0.25) is 5.28 Å². The van der Waals surface area contributed by atoms with Gasteiger partial charge in [-0.2, -0.15) is 0 Å². The summed E-state index contributed by atoms with van der Waals surface area (Å²) in [5, 5.41) is 0.300. The molecule has 0 amide bonds. The highest BCUT2D eigenvalue weighted by atomic mass is 35.5. The maximum atomic E-state index is 5.78. The van der Waals surface area contributed by atoms with Gasteiger partial charge in [-0.1, -0.05) is 6.07 Å². The Morgan fingerprint density at radius 1 is 1.33 bits per heavy atom. The first-order valence-electron chi connectivity index (χ1n) is 4.63. The summed E-state index contributed by atoms with van der Waals surface area (Å²) in [5.74, 6) is 0. The predicted molar refractivity (Wildman–Crippen MR) is 58.8 cm³/mol. The molecular formula is C11H10ClN3. The maximum Gasteiger partial charge on any atom is 0.222 e. The SMILES string of the molecule is Cc1cc(Cc2cccnc2)nc(Cl)n1. The smallest absolute Gasteiger partial charge is 0.222 e. The fourth-order valence-electron chi connectivity index (χ4n) is 1.40. The minimum atomic E-state index is 0.300. The van der Waals surface area contributed by atoms with E-state index in [4.69, 9.17) is 11.6 Å². The van der Waals surface area contributed by atoms with Crippen LogP contribution in [0.15, 0.2) is 30.6 Å². The quantitative estimate of drug-likeness (QED) is 0.729. The topological polar surface area (TPSA) is 38.7 Å². The molecule has 76 valence electrons. The predicted octanol–water partition coefficient (Wildman–Crippen LogP) is 2.42. The van der Waals surface area contributed by atoms with Crippen molar-refractivity contribution in [1.82, 2.24) is 15.0 Å². The number of hydrogen-bond donors (Lipinski definition) is 0. The zero-order valence-electron chi connectivity index (χ0n) is 8.31. The molecule has 0 saturated carbocycles. The Kier molecular flexibility index (Phi) is 2.92. The first-order chi connectivity index (χ1) is 7.24. The molecule has 2 aromatic heterocycles. The van der Waals surface area contributed by atoms with Gasteiger partial charge in [0.15, 0.2) is 0 Å². The van der Waals surface area contributed by atoms with E-state index in [1.807, 2.05) is 31.3 Å². The minimum Gasteiger partial charge on any atom is -0.264 e. The van der Waals surface area contributed by atoms with E-state index in [0.29, 0.717) is 5.28 Å². The number of aryl methyl sites for hydroxylation is 1. The fraction of sp³-hybridized carbons (Fsp3) is 0.182. The van der Waals surface area contributed by atoms with Gasteiger partial charge in [0.1, 0.15) is 0 Å². The summed E-state index contributed by atoms with van der Waals surface area (Å²) in [6, 6.07) is 5.85. The number of hydrogen-bond acceptors (Lipinski definition) is 3. The van der Waals surface area contributed by atoms with Crippen LogP contribution in [0.4, 0.5) is 0 Å². The largest absolute Gasteiger partial charge is 0.264 e. The van der Waals surface area contributed by atoms with Crippen LogP contribution in [0.25, 0.3) is 0 Å². The Labute approximate surface area is 93.2 Å². The van der Waals surface area contributed by atoms with Crippen molar-refractivity contribution >= 4 is 11.6 Å². The van der Waals surface area contributed by atoms with Crippen LogP contribution in [0, 0.1) is 6.92 Å². The van der Waals surface area contributed by atoms with Gasteiger partial charge < -0.3 is 0 Å². The summed E-state index contributed by atoms with van der Waals surface area (Å²) >= 11 is 5.78. The van der Waals surface area contributed by atoms with Gasteiger partial charge in [-0.25, -0.2) is 9.97 Å². The average molecular weight is 220 g/mol. The molecule has 0 saturated heterocycles. The van der Waals surface area contributed by atoms with Crippen molar-refractivity contribution < 1.29 is 0 Å². The lowest BCUT2D eigenvalue weighted by atomic mass is 10.1. The van der Waals surface area contributed by atoms with Crippen molar-refractivity contribution in [2.24, 2.45) is 0 Å². The molecule has 15 heavy (non-hydrogen) atoms. The van der Waals surface area contributed by atoms with Crippen molar-refractivity contribution in [3.63, 3.8) is 0 Å². The van der Waals surface area contributed by atoms with E-state index < -0.39 is 0 Å². The Balaban J connectivity index is 2.25. The van der Waals surface area contributed by atoms with Crippen molar-refractivity contribution in [1.29, 1.82) is 0 Å². The van der Waals surface area contributed by atoms with Crippen LogP contribution < -0.4 is 0 Å². The molecule has 0 spiro atoms. The minimum absolute atomic E-state index is 0.300. The van der Waals surface area contributed by atoms with E-state index in [-0.39, 0.29) is 0 Å². The highest BCUT2D eigenvalue weighted by Crippen LogP contribution is 2.09. The lowest BCUT2D eigenvalue weighted by Crippen LogP contribution is -1.96. The lowest BCUT2D eigenvalue weighted by molar-refractivity contribution is 0.993. The summed E-state index contributed by atoms with van der Waals surface area (Å²) in [6.45, 7) is 1.90. The van der Waals surface area contributed by atoms with E-state index in [1.54, 1.807) is 6.20 Å². The zero-order valence-corrected chi connectivity index (χ0v) is 9.07. The molecule has 0 radical (unpaired) electrons. The fourth-order valence-corrected chi connectivity index (χ4v) is 1.64. The molecule has 0 aliphatic heterocycles. The second-order valence-corrected chi connectivity index (χ2v) is 3.65. The third-order valence-electron chi connectivity index (χ3n) is 1.99. The van der Waals surface area contributed by atoms with E-state index in [2.05, 4.69) is 15.0 Å². The Hall–Kier alpha value is -1.48. The van der Waals surface area contributed by atoms with Crippen molar-refractivity contribution in [3.8, 4) is 0 Å². The van der Waals surface area contributed by atoms with E-state index in [0.717, 1.165) is 23.4 Å². The maximum absolute atomic E-state index is 5.78. The van der Waals surface area contributed by atoms with Crippen molar-refractivity contribution in [2.45, 2.75) is 13.3 Å². The zero-order chi connectivity index (χ0) is 10.7. The van der Waals surface area contributed by atoms with Gasteiger partial charge in [0, 0.05) is 24.5 Å². The van der Waals surface area contributed by atoms with Crippen LogP contribution in [-0.4, -0.2) is 15.0 Å². The van der Waals surface area contributed by atoms with Crippen molar-refractivity contribution in [3.05, 3.63) is 52.8 Å². The summed E-state index contributed by atoms with van der Waals surface area (Å²) in [4.78, 5) is 12.2. The average Bonchev–Trinajstić information content (AvgIpc) is 2.17. The molecule has 0 aliphatic rings. The van der Waals surface area contributed by atoms with Crippen LogP contribution in [0.1, 0.15) is 17.0 Å². The standard InChI is InChI=1S/C11H10ClN3/c1-8-5-10(15-11(12)14-8)6-9-3-2-4-13-7-9/h2-5,7H,6H2,1H3. The normalized spacial score (nSPS) is 10.3. The number of halogens is 1. The lowest BCUT2D eigenvalue weighted by Gasteiger charge is -2.02. The second kappa shape index (κ2) is 4.36. The highest BCUT2D eigenvalue weighted by Gasteiger charge is 2.01. The molecule has 0 fully saturated rings. The van der Waals surface area contributed by atoms with Crippen LogP contribution in [-0.2, 0) is 6.42 Å². The summed E-state index contributed by atoms with van der Waals surface area (Å²) in [6.07, 6.45) is 4.31. The molecule has 0 aromatic carbocycles. The van der Waals surface area contributed by atoms with Crippen LogP contribution in [0.5, 0.6) is 0 Å². The van der Waals surface area contributed by atoms with Crippen LogP contribution >= 0.6 is 11.6 Å². The van der Waals surface area contributed by atoms with Gasteiger partial charge in [0.2, 0.25) is 5.28 Å². The van der Waals surface area contributed by atoms with Gasteiger partial charge in [-0.15, -0.1) is 0 Å². The van der Waals surface area contributed by atoms with Gasteiger partial charge in [0.25, 0.3) is 0 Å². The van der Waals surface area contributed by atoms with Crippen molar-refractivity contribution in [2.75, 3.05) is 0 Å². The Morgan fingerprint density at radius 3 is 2.87 bits per heavy atom. The molecule has 4 heteroatoms. The summed E-state index contributed by atoms with van der Waals surface area (Å²) < 4.78 is 0. The first-order valence-corrected chi connectivity index (χ1v) is 5.01. The molecular weight excluding hydrogens is 210 g/mol. The monoisotopic (exact) mass is 219 g/mol. The van der Waals surface area contributed by atoms with Gasteiger partial charge in [0.05, 0.1) is 5.69 Å². The van der Waals surface area contributed by atoms with Crippen LogP contribution in [0.3, 0.4) is 0 Å². The summed E-state index contributed by atoms with van der Waals surface area (Å²) in [5.41, 5.74) is 2.92. The molecule has 0 aliphatic carbocycles. The number of nitrogens with zero attached hydrogens (tertiary/aromatic N) is 3. The highest BCUT2D eigenvalue weighted by molar-refractivity contribution is 6.28. The molecule has 0 unspecified atom stereocenters. The number of aromatic nitrogens is 3. The summed E-state index contributed by atoms with van der Waals surface area (Å²) in [7, 11) is 0. The van der Waals surface area contributed by atoms with Gasteiger partial charge >= 0.3 is 0 Å². The Bertz CT molecular complexity index is 436. The Morgan fingerprint density at radius 2 is 2.20 bits per heavy atom. The molecule has 0 N–H and O–H groups in total. The molecule has 0 bridgehead atoms. The molecule has 0 atom stereocenters. The molecule has 2 aromatic rings. The molecule has 3 nitrogen and oxygen atoms in total. The van der Waals surface area contributed by atoms with E-state index in [1.165, 1.54) is 0 Å². The molecule has 2 heterocycles. The van der Waals surface area contributed by atoms with E-state index in [9.17, 15) is 0 Å². The molecule has 2 rings (SSSR count). The third kappa shape index (κ3) is 2.73. The van der Waals surface area contributed by atoms with E-state index >= 15 is 0 Å². The van der Waals surface area contributed by atoms with Gasteiger partial charge in [-0.3, -0.25) is 4.98 Å². The van der Waals surface area contributed by atoms with Gasteiger partial charge in [-0.05, 0) is 36.2 Å². The second-order valence-electron chi connectivity index (χ2n) is 3.31. The third-order valence-corrected chi connectivity index (χ3v) is 2.16. The first kappa shape index (κ1) is 10.1. The number of rotatable bonds is 2.